The second-order valence-corrected chi connectivity index (χ2v) is 3.93. The fourth-order valence-corrected chi connectivity index (χ4v) is 1.88. The molecule has 1 heterocycles. The first kappa shape index (κ1) is 10.5. The van der Waals surface area contributed by atoms with Crippen LogP contribution in [0.3, 0.4) is 0 Å². The summed E-state index contributed by atoms with van der Waals surface area (Å²) in [6.07, 6.45) is 0. The third kappa shape index (κ3) is 1.75. The molecule has 1 saturated heterocycles. The lowest BCUT2D eigenvalue weighted by Crippen LogP contribution is -2.52. The van der Waals surface area contributed by atoms with E-state index >= 15 is 0 Å². The Labute approximate surface area is 87.2 Å². The molecule has 0 atom stereocenters. The number of rotatable bonds is 3. The summed E-state index contributed by atoms with van der Waals surface area (Å²) in [5.41, 5.74) is 0.602. The van der Waals surface area contributed by atoms with Crippen LogP contribution in [-0.2, 0) is 10.2 Å². The van der Waals surface area contributed by atoms with Gasteiger partial charge in [0.15, 0.2) is 11.6 Å². The van der Waals surface area contributed by atoms with Crippen molar-refractivity contribution in [3.63, 3.8) is 0 Å². The van der Waals surface area contributed by atoms with Gasteiger partial charge in [-0.3, -0.25) is 0 Å². The molecular weight excluding hydrogens is 200 g/mol. The van der Waals surface area contributed by atoms with Crippen LogP contribution in [0.15, 0.2) is 18.2 Å². The highest BCUT2D eigenvalue weighted by atomic mass is 19.2. The van der Waals surface area contributed by atoms with E-state index in [-0.39, 0.29) is 5.41 Å². The average molecular weight is 213 g/mol. The van der Waals surface area contributed by atoms with Crippen molar-refractivity contribution in [2.45, 2.75) is 5.41 Å². The molecule has 1 fully saturated rings. The summed E-state index contributed by atoms with van der Waals surface area (Å²) >= 11 is 0. The topological polar surface area (TPSA) is 21.3 Å². The van der Waals surface area contributed by atoms with Gasteiger partial charge < -0.3 is 10.1 Å². The summed E-state index contributed by atoms with van der Waals surface area (Å²) in [7, 11) is 1.83. The van der Waals surface area contributed by atoms with Gasteiger partial charge in [0.1, 0.15) is 0 Å². The van der Waals surface area contributed by atoms with E-state index < -0.39 is 11.6 Å². The standard InChI is InChI=1S/C11H13F2NO/c1-14-5-11(6-15-7-11)8-2-3-9(12)10(13)4-8/h2-4,14H,5-7H2,1H3. The first-order valence-electron chi connectivity index (χ1n) is 4.86. The molecule has 1 aromatic carbocycles. The van der Waals surface area contributed by atoms with Crippen molar-refractivity contribution in [3.05, 3.63) is 35.4 Å². The molecule has 15 heavy (non-hydrogen) atoms. The van der Waals surface area contributed by atoms with Crippen LogP contribution >= 0.6 is 0 Å². The van der Waals surface area contributed by atoms with E-state index in [0.29, 0.717) is 19.8 Å². The van der Waals surface area contributed by atoms with E-state index in [9.17, 15) is 8.78 Å². The third-order valence-corrected chi connectivity index (χ3v) is 2.80. The normalized spacial score (nSPS) is 18.6. The number of hydrogen-bond donors (Lipinski definition) is 1. The van der Waals surface area contributed by atoms with Crippen molar-refractivity contribution < 1.29 is 13.5 Å². The lowest BCUT2D eigenvalue weighted by molar-refractivity contribution is -0.0584. The first-order valence-corrected chi connectivity index (χ1v) is 4.86. The number of benzene rings is 1. The molecular formula is C11H13F2NO. The Kier molecular flexibility index (Phi) is 2.71. The van der Waals surface area contributed by atoms with E-state index in [1.165, 1.54) is 12.1 Å². The van der Waals surface area contributed by atoms with Gasteiger partial charge in [-0.2, -0.15) is 0 Å². The van der Waals surface area contributed by atoms with Crippen LogP contribution in [-0.4, -0.2) is 26.8 Å². The molecule has 0 saturated carbocycles. The molecule has 1 N–H and O–H groups in total. The van der Waals surface area contributed by atoms with E-state index in [4.69, 9.17) is 4.74 Å². The summed E-state index contributed by atoms with van der Waals surface area (Å²) in [4.78, 5) is 0. The van der Waals surface area contributed by atoms with Gasteiger partial charge in [-0.25, -0.2) is 8.78 Å². The molecule has 0 radical (unpaired) electrons. The van der Waals surface area contributed by atoms with Gasteiger partial charge in [0.2, 0.25) is 0 Å². The maximum absolute atomic E-state index is 13.1. The van der Waals surface area contributed by atoms with Crippen LogP contribution in [0.2, 0.25) is 0 Å². The van der Waals surface area contributed by atoms with Crippen LogP contribution in [0.5, 0.6) is 0 Å². The summed E-state index contributed by atoms with van der Waals surface area (Å²) in [6, 6.07) is 4.05. The molecule has 0 aromatic heterocycles. The molecule has 1 aliphatic rings. The second kappa shape index (κ2) is 3.87. The van der Waals surface area contributed by atoms with E-state index in [0.717, 1.165) is 5.56 Å². The van der Waals surface area contributed by atoms with Gasteiger partial charge >= 0.3 is 0 Å². The van der Waals surface area contributed by atoms with Gasteiger partial charge in [0.25, 0.3) is 0 Å². The highest BCUT2D eigenvalue weighted by Crippen LogP contribution is 2.32. The Bertz CT molecular complexity index is 364. The molecule has 1 aromatic rings. The fourth-order valence-electron chi connectivity index (χ4n) is 1.88. The van der Waals surface area contributed by atoms with Crippen LogP contribution in [0, 0.1) is 11.6 Å². The number of likely N-dealkylation sites (N-methyl/N-ethyl adjacent to an activating group) is 1. The van der Waals surface area contributed by atoms with Crippen LogP contribution in [0.4, 0.5) is 8.78 Å². The van der Waals surface area contributed by atoms with Crippen molar-refractivity contribution in [3.8, 4) is 0 Å². The lowest BCUT2D eigenvalue weighted by atomic mass is 9.78. The molecule has 0 spiro atoms. The maximum atomic E-state index is 13.1. The van der Waals surface area contributed by atoms with Gasteiger partial charge in [-0.1, -0.05) is 6.07 Å². The molecule has 4 heteroatoms. The first-order chi connectivity index (χ1) is 7.18. The Morgan fingerprint density at radius 3 is 2.53 bits per heavy atom. The summed E-state index contributed by atoms with van der Waals surface area (Å²) in [5.74, 6) is -1.60. The Morgan fingerprint density at radius 1 is 1.33 bits per heavy atom. The second-order valence-electron chi connectivity index (χ2n) is 3.93. The highest BCUT2D eigenvalue weighted by Gasteiger charge is 2.40. The largest absolute Gasteiger partial charge is 0.379 e. The minimum atomic E-state index is -0.807. The summed E-state index contributed by atoms with van der Waals surface area (Å²) < 4.78 is 31.0. The monoisotopic (exact) mass is 213 g/mol. The predicted octanol–water partition coefficient (Wildman–Crippen LogP) is 1.45. The Morgan fingerprint density at radius 2 is 2.07 bits per heavy atom. The van der Waals surface area contributed by atoms with Crippen LogP contribution in [0.25, 0.3) is 0 Å². The summed E-state index contributed by atoms with van der Waals surface area (Å²) in [6.45, 7) is 1.82. The van der Waals surface area contributed by atoms with Crippen molar-refractivity contribution in [2.24, 2.45) is 0 Å². The van der Waals surface area contributed by atoms with Crippen LogP contribution in [0.1, 0.15) is 5.56 Å². The zero-order valence-electron chi connectivity index (χ0n) is 8.52. The summed E-state index contributed by atoms with van der Waals surface area (Å²) in [5, 5.41) is 3.05. The molecule has 0 amide bonds. The quantitative estimate of drug-likeness (QED) is 0.820. The smallest absolute Gasteiger partial charge is 0.159 e. The fraction of sp³-hybridized carbons (Fsp3) is 0.455. The SMILES string of the molecule is CNCC1(c2ccc(F)c(F)c2)COC1. The van der Waals surface area contributed by atoms with Gasteiger partial charge in [-0.15, -0.1) is 0 Å². The van der Waals surface area contributed by atoms with Crippen molar-refractivity contribution in [2.75, 3.05) is 26.8 Å². The van der Waals surface area contributed by atoms with Crippen molar-refractivity contribution >= 4 is 0 Å². The molecule has 1 aliphatic heterocycles. The molecule has 2 nitrogen and oxygen atoms in total. The van der Waals surface area contributed by atoms with Gasteiger partial charge in [-0.05, 0) is 24.7 Å². The Balaban J connectivity index is 2.30. The van der Waals surface area contributed by atoms with Crippen molar-refractivity contribution in [1.29, 1.82) is 0 Å². The third-order valence-electron chi connectivity index (χ3n) is 2.80. The number of halogens is 2. The molecule has 0 aliphatic carbocycles. The van der Waals surface area contributed by atoms with E-state index in [1.54, 1.807) is 6.07 Å². The molecule has 0 bridgehead atoms. The molecule has 82 valence electrons. The molecule has 2 rings (SSSR count). The maximum Gasteiger partial charge on any atom is 0.159 e. The minimum Gasteiger partial charge on any atom is -0.379 e. The number of nitrogens with one attached hydrogen (secondary N) is 1. The van der Waals surface area contributed by atoms with Gasteiger partial charge in [0, 0.05) is 6.54 Å². The van der Waals surface area contributed by atoms with Gasteiger partial charge in [0.05, 0.1) is 18.6 Å². The highest BCUT2D eigenvalue weighted by molar-refractivity contribution is 5.29. The van der Waals surface area contributed by atoms with E-state index in [2.05, 4.69) is 5.32 Å². The number of hydrogen-bond acceptors (Lipinski definition) is 2. The van der Waals surface area contributed by atoms with Crippen LogP contribution < -0.4 is 5.32 Å². The predicted molar refractivity (Wildman–Crippen MR) is 52.8 cm³/mol. The number of ether oxygens (including phenoxy) is 1. The Hall–Kier alpha value is -1.00. The zero-order valence-corrected chi connectivity index (χ0v) is 8.52. The van der Waals surface area contributed by atoms with Crippen molar-refractivity contribution in [1.82, 2.24) is 5.32 Å². The lowest BCUT2D eigenvalue weighted by Gasteiger charge is -2.41. The van der Waals surface area contributed by atoms with E-state index in [1.807, 2.05) is 7.05 Å². The minimum absolute atomic E-state index is 0.191. The molecule has 0 unspecified atom stereocenters. The average Bonchev–Trinajstić information content (AvgIpc) is 2.16. The zero-order chi connectivity index (χ0) is 10.9.